The minimum atomic E-state index is -0.688. The van der Waals surface area contributed by atoms with E-state index in [9.17, 15) is 14.4 Å². The number of aryl methyl sites for hydroxylation is 1. The lowest BCUT2D eigenvalue weighted by Gasteiger charge is -2.27. The van der Waals surface area contributed by atoms with Gasteiger partial charge in [-0.25, -0.2) is 4.79 Å². The van der Waals surface area contributed by atoms with Crippen LogP contribution < -0.4 is 5.32 Å². The van der Waals surface area contributed by atoms with Crippen LogP contribution in [0, 0.1) is 6.92 Å². The van der Waals surface area contributed by atoms with Crippen molar-refractivity contribution in [3.63, 3.8) is 0 Å². The van der Waals surface area contributed by atoms with E-state index < -0.39 is 5.97 Å². The highest BCUT2D eigenvalue weighted by Gasteiger charge is 2.29. The van der Waals surface area contributed by atoms with E-state index in [1.165, 1.54) is 18.1 Å². The number of esters is 1. The maximum absolute atomic E-state index is 12.6. The van der Waals surface area contributed by atoms with Crippen LogP contribution in [0.5, 0.6) is 0 Å². The van der Waals surface area contributed by atoms with Gasteiger partial charge in [-0.15, -0.1) is 0 Å². The van der Waals surface area contributed by atoms with Crippen LogP contribution in [0.3, 0.4) is 0 Å². The third kappa shape index (κ3) is 4.14. The number of hydrogen-bond acceptors (Lipinski definition) is 6. The Morgan fingerprint density at radius 1 is 1.18 bits per heavy atom. The molecule has 0 saturated carbocycles. The molecule has 0 bridgehead atoms. The van der Waals surface area contributed by atoms with Gasteiger partial charge in [0.15, 0.2) is 5.78 Å². The molecule has 7 heteroatoms. The van der Waals surface area contributed by atoms with Crippen molar-refractivity contribution in [1.29, 1.82) is 0 Å². The average Bonchev–Trinajstić information content (AvgIpc) is 2.97. The van der Waals surface area contributed by atoms with E-state index in [1.807, 2.05) is 17.0 Å². The van der Waals surface area contributed by atoms with Gasteiger partial charge in [0.05, 0.1) is 18.7 Å². The SMILES string of the molecule is CCOC(=O)c1c(NC(=O)CN2CCc3ccccc3C2)oc(C)c1C(C)=O. The molecule has 3 rings (SSSR count). The number of Topliss-reactive ketones (excluding diaryl/α,β-unsaturated/α-hetero) is 1. The molecule has 7 nitrogen and oxygen atoms in total. The molecule has 1 aliphatic rings. The molecule has 2 aromatic rings. The first-order chi connectivity index (χ1) is 13.4. The summed E-state index contributed by atoms with van der Waals surface area (Å²) in [6, 6.07) is 8.17. The second-order valence-electron chi connectivity index (χ2n) is 6.79. The highest BCUT2D eigenvalue weighted by molar-refractivity contribution is 6.10. The highest BCUT2D eigenvalue weighted by Crippen LogP contribution is 2.28. The van der Waals surface area contributed by atoms with Crippen molar-refractivity contribution < 1.29 is 23.5 Å². The van der Waals surface area contributed by atoms with Crippen LogP contribution in [0.25, 0.3) is 0 Å². The summed E-state index contributed by atoms with van der Waals surface area (Å²) >= 11 is 0. The molecule has 0 atom stereocenters. The van der Waals surface area contributed by atoms with E-state index in [-0.39, 0.29) is 47.6 Å². The van der Waals surface area contributed by atoms with Gasteiger partial charge in [-0.2, -0.15) is 0 Å². The zero-order valence-electron chi connectivity index (χ0n) is 16.3. The Bertz CT molecular complexity index is 916. The monoisotopic (exact) mass is 384 g/mol. The lowest BCUT2D eigenvalue weighted by Crippen LogP contribution is -2.37. The molecule has 0 saturated heterocycles. The van der Waals surface area contributed by atoms with Gasteiger partial charge in [0.2, 0.25) is 11.8 Å². The van der Waals surface area contributed by atoms with Crippen LogP contribution in [0.2, 0.25) is 0 Å². The van der Waals surface area contributed by atoms with Crippen LogP contribution in [-0.4, -0.2) is 42.3 Å². The molecule has 0 fully saturated rings. The van der Waals surface area contributed by atoms with Crippen molar-refractivity contribution in [1.82, 2.24) is 4.90 Å². The number of rotatable bonds is 6. The number of amides is 1. The second-order valence-corrected chi connectivity index (χ2v) is 6.79. The van der Waals surface area contributed by atoms with E-state index in [2.05, 4.69) is 17.4 Å². The van der Waals surface area contributed by atoms with E-state index in [4.69, 9.17) is 9.15 Å². The number of ketones is 1. The molecular weight excluding hydrogens is 360 g/mol. The number of hydrogen-bond donors (Lipinski definition) is 1. The van der Waals surface area contributed by atoms with Crippen molar-refractivity contribution in [3.8, 4) is 0 Å². The van der Waals surface area contributed by atoms with Crippen molar-refractivity contribution in [3.05, 3.63) is 52.3 Å². The van der Waals surface area contributed by atoms with E-state index >= 15 is 0 Å². The molecule has 1 N–H and O–H groups in total. The summed E-state index contributed by atoms with van der Waals surface area (Å²) in [4.78, 5) is 38.9. The quantitative estimate of drug-likeness (QED) is 0.608. The summed E-state index contributed by atoms with van der Waals surface area (Å²) in [6.45, 7) is 6.36. The summed E-state index contributed by atoms with van der Waals surface area (Å²) in [5.74, 6) is -1.08. The van der Waals surface area contributed by atoms with Gasteiger partial charge >= 0.3 is 5.97 Å². The zero-order chi connectivity index (χ0) is 20.3. The summed E-state index contributed by atoms with van der Waals surface area (Å²) in [7, 11) is 0. The smallest absolute Gasteiger partial charge is 0.344 e. The number of carbonyl (C=O) groups excluding carboxylic acids is 3. The number of benzene rings is 1. The first-order valence-corrected chi connectivity index (χ1v) is 9.31. The number of ether oxygens (including phenoxy) is 1. The van der Waals surface area contributed by atoms with E-state index in [0.717, 1.165) is 13.0 Å². The number of fused-ring (bicyclic) bond motifs is 1. The lowest BCUT2D eigenvalue weighted by molar-refractivity contribution is -0.117. The maximum Gasteiger partial charge on any atom is 0.344 e. The van der Waals surface area contributed by atoms with Crippen molar-refractivity contribution in [2.24, 2.45) is 0 Å². The number of nitrogens with one attached hydrogen (secondary N) is 1. The number of furan rings is 1. The standard InChI is InChI=1S/C21H24N2O5/c1-4-27-21(26)19-18(13(2)24)14(3)28-20(19)22-17(25)12-23-10-9-15-7-5-6-8-16(15)11-23/h5-8H,4,9-12H2,1-3H3,(H,22,25). The topological polar surface area (TPSA) is 88.8 Å². The Morgan fingerprint density at radius 2 is 1.89 bits per heavy atom. The fourth-order valence-electron chi connectivity index (χ4n) is 3.51. The number of carbonyl (C=O) groups is 3. The van der Waals surface area contributed by atoms with Crippen molar-refractivity contribution >= 4 is 23.5 Å². The summed E-state index contributed by atoms with van der Waals surface area (Å²) < 4.78 is 10.5. The van der Waals surface area contributed by atoms with Gasteiger partial charge in [-0.1, -0.05) is 24.3 Å². The summed E-state index contributed by atoms with van der Waals surface area (Å²) in [5, 5.41) is 2.64. The fourth-order valence-corrected chi connectivity index (χ4v) is 3.51. The Labute approximate surface area is 163 Å². The molecule has 28 heavy (non-hydrogen) atoms. The predicted molar refractivity (Wildman–Crippen MR) is 103 cm³/mol. The fraction of sp³-hybridized carbons (Fsp3) is 0.381. The molecule has 0 aliphatic carbocycles. The van der Waals surface area contributed by atoms with Gasteiger partial charge in [-0.3, -0.25) is 19.8 Å². The minimum Gasteiger partial charge on any atom is -0.462 e. The van der Waals surface area contributed by atoms with Crippen LogP contribution in [0.4, 0.5) is 5.88 Å². The Hall–Kier alpha value is -2.93. The highest BCUT2D eigenvalue weighted by atomic mass is 16.5. The molecule has 1 aromatic heterocycles. The van der Waals surface area contributed by atoms with E-state index in [0.29, 0.717) is 6.54 Å². The number of anilines is 1. The Morgan fingerprint density at radius 3 is 2.57 bits per heavy atom. The molecule has 1 aromatic carbocycles. The van der Waals surface area contributed by atoms with Crippen LogP contribution >= 0.6 is 0 Å². The van der Waals surface area contributed by atoms with Gasteiger partial charge < -0.3 is 9.15 Å². The van der Waals surface area contributed by atoms with E-state index in [1.54, 1.807) is 13.8 Å². The molecule has 0 spiro atoms. The van der Waals surface area contributed by atoms with Gasteiger partial charge in [0.1, 0.15) is 11.3 Å². The zero-order valence-corrected chi connectivity index (χ0v) is 16.3. The Balaban J connectivity index is 1.74. The third-order valence-corrected chi connectivity index (χ3v) is 4.75. The number of nitrogens with zero attached hydrogens (tertiary/aromatic N) is 1. The van der Waals surface area contributed by atoms with Gasteiger partial charge in [-0.05, 0) is 38.3 Å². The van der Waals surface area contributed by atoms with Crippen LogP contribution in [-0.2, 0) is 22.5 Å². The largest absolute Gasteiger partial charge is 0.462 e. The molecule has 0 unspecified atom stereocenters. The molecule has 1 amide bonds. The molecule has 0 radical (unpaired) electrons. The first-order valence-electron chi connectivity index (χ1n) is 9.31. The lowest BCUT2D eigenvalue weighted by atomic mass is 10.00. The maximum atomic E-state index is 12.6. The molecular formula is C21H24N2O5. The van der Waals surface area contributed by atoms with Crippen LogP contribution in [0.15, 0.2) is 28.7 Å². The third-order valence-electron chi connectivity index (χ3n) is 4.75. The predicted octanol–water partition coefficient (Wildman–Crippen LogP) is 2.96. The van der Waals surface area contributed by atoms with Gasteiger partial charge in [0.25, 0.3) is 0 Å². The molecule has 148 valence electrons. The van der Waals surface area contributed by atoms with Crippen molar-refractivity contribution in [2.45, 2.75) is 33.7 Å². The first kappa shape index (κ1) is 19.8. The second kappa shape index (κ2) is 8.39. The summed E-state index contributed by atoms with van der Waals surface area (Å²) in [6.07, 6.45) is 0.881. The molecule has 1 aliphatic heterocycles. The normalized spacial score (nSPS) is 13.7. The molecule has 2 heterocycles. The Kier molecular flexibility index (Phi) is 5.94. The minimum absolute atomic E-state index is 0.0239. The van der Waals surface area contributed by atoms with Gasteiger partial charge in [0, 0.05) is 13.1 Å². The van der Waals surface area contributed by atoms with Crippen molar-refractivity contribution in [2.75, 3.05) is 25.0 Å². The summed E-state index contributed by atoms with van der Waals surface area (Å²) in [5.41, 5.74) is 2.63. The van der Waals surface area contributed by atoms with Crippen LogP contribution in [0.1, 0.15) is 51.5 Å². The average molecular weight is 384 g/mol.